The summed E-state index contributed by atoms with van der Waals surface area (Å²) in [5.41, 5.74) is 2.58. The van der Waals surface area contributed by atoms with E-state index >= 15 is 0 Å². The van der Waals surface area contributed by atoms with Gasteiger partial charge in [0.2, 0.25) is 0 Å². The first-order valence-corrected chi connectivity index (χ1v) is 6.26. The highest BCUT2D eigenvalue weighted by Crippen LogP contribution is 2.15. The molecule has 0 aromatic heterocycles. The van der Waals surface area contributed by atoms with Crippen molar-refractivity contribution in [1.82, 2.24) is 4.90 Å². The Labute approximate surface area is 101 Å². The van der Waals surface area contributed by atoms with E-state index in [1.807, 2.05) is 13.8 Å². The molecule has 1 aliphatic heterocycles. The first kappa shape index (κ1) is 13.0. The van der Waals surface area contributed by atoms with Crippen molar-refractivity contribution in [2.24, 2.45) is 0 Å². The maximum absolute atomic E-state index is 3.57. The third-order valence-corrected chi connectivity index (χ3v) is 2.78. The zero-order chi connectivity index (χ0) is 12.0. The second kappa shape index (κ2) is 6.54. The van der Waals surface area contributed by atoms with Crippen LogP contribution >= 0.6 is 0 Å². The molecule has 0 radical (unpaired) electrons. The third-order valence-electron chi connectivity index (χ3n) is 2.78. The highest BCUT2D eigenvalue weighted by atomic mass is 15.2. The molecule has 2 rings (SSSR count). The molecule has 2 heteroatoms. The average Bonchev–Trinajstić information content (AvgIpc) is 2.67. The fourth-order valence-corrected chi connectivity index (χ4v) is 2.02. The Balaban J connectivity index is 0.000000811. The van der Waals surface area contributed by atoms with Crippen LogP contribution in [0, 0.1) is 6.92 Å². The average molecular weight is 222 g/mol. The molecule has 1 aromatic carbocycles. The summed E-state index contributed by atoms with van der Waals surface area (Å²) in [4.78, 5) is 2.37. The van der Waals surface area contributed by atoms with Gasteiger partial charge in [0.15, 0.2) is 0 Å². The van der Waals surface area contributed by atoms with Gasteiger partial charge in [0.1, 0.15) is 0 Å². The standard InChI is InChI=1S/C12H18N2.C2H6.H2/c1-10-4-3-5-11(8-10)13-12-6-7-14(2)9-12;1-2;/h3-5,8,12-13H,6-7,9H2,1-2H3;1-2H3;1H. The largest absolute Gasteiger partial charge is 0.381 e. The van der Waals surface area contributed by atoms with E-state index in [0.717, 1.165) is 6.54 Å². The second-order valence-corrected chi connectivity index (χ2v) is 4.26. The smallest absolute Gasteiger partial charge is 0.0400 e. The van der Waals surface area contributed by atoms with Gasteiger partial charge < -0.3 is 10.2 Å². The minimum absolute atomic E-state index is 0. The molecule has 1 saturated heterocycles. The minimum atomic E-state index is 0. The lowest BCUT2D eigenvalue weighted by molar-refractivity contribution is 0.414. The minimum Gasteiger partial charge on any atom is -0.381 e. The zero-order valence-electron chi connectivity index (χ0n) is 11.0. The summed E-state index contributed by atoms with van der Waals surface area (Å²) in [6.45, 7) is 8.50. The number of hydrogen-bond donors (Lipinski definition) is 1. The van der Waals surface area contributed by atoms with Crippen molar-refractivity contribution in [3.63, 3.8) is 0 Å². The molecule has 1 aliphatic rings. The van der Waals surface area contributed by atoms with E-state index in [2.05, 4.69) is 48.5 Å². The molecule has 1 atom stereocenters. The van der Waals surface area contributed by atoms with Gasteiger partial charge in [-0.05, 0) is 44.6 Å². The summed E-state index contributed by atoms with van der Waals surface area (Å²) in [5, 5.41) is 3.57. The van der Waals surface area contributed by atoms with Crippen molar-refractivity contribution in [2.45, 2.75) is 33.2 Å². The molecular formula is C14H26N2. The summed E-state index contributed by atoms with van der Waals surface area (Å²) >= 11 is 0. The summed E-state index contributed by atoms with van der Waals surface area (Å²) in [6.07, 6.45) is 1.25. The second-order valence-electron chi connectivity index (χ2n) is 4.26. The van der Waals surface area contributed by atoms with Gasteiger partial charge in [-0.3, -0.25) is 0 Å². The predicted molar refractivity (Wildman–Crippen MR) is 74.2 cm³/mol. The fraction of sp³-hybridized carbons (Fsp3) is 0.571. The Kier molecular flexibility index (Phi) is 5.33. The van der Waals surface area contributed by atoms with E-state index in [1.54, 1.807) is 0 Å². The van der Waals surface area contributed by atoms with Crippen molar-refractivity contribution in [2.75, 3.05) is 25.5 Å². The zero-order valence-corrected chi connectivity index (χ0v) is 11.0. The quantitative estimate of drug-likeness (QED) is 0.825. The normalized spacial score (nSPS) is 20.1. The highest BCUT2D eigenvalue weighted by molar-refractivity contribution is 5.46. The van der Waals surface area contributed by atoms with E-state index in [4.69, 9.17) is 0 Å². The van der Waals surface area contributed by atoms with Crippen LogP contribution in [0.25, 0.3) is 0 Å². The molecule has 0 bridgehead atoms. The number of benzene rings is 1. The van der Waals surface area contributed by atoms with E-state index < -0.39 is 0 Å². The number of rotatable bonds is 2. The van der Waals surface area contributed by atoms with Gasteiger partial charge >= 0.3 is 0 Å². The van der Waals surface area contributed by atoms with Crippen LogP contribution in [0.4, 0.5) is 5.69 Å². The monoisotopic (exact) mass is 222 g/mol. The van der Waals surface area contributed by atoms with Crippen molar-refractivity contribution >= 4 is 5.69 Å². The van der Waals surface area contributed by atoms with Crippen molar-refractivity contribution in [1.29, 1.82) is 0 Å². The van der Waals surface area contributed by atoms with Crippen LogP contribution in [0.2, 0.25) is 0 Å². The van der Waals surface area contributed by atoms with E-state index in [1.165, 1.54) is 24.2 Å². The SMILES string of the molecule is CC.Cc1cccc(NC2CCN(C)C2)c1.[HH]. The van der Waals surface area contributed by atoms with Crippen LogP contribution in [0.1, 0.15) is 27.3 Å². The van der Waals surface area contributed by atoms with Gasteiger partial charge in [-0.1, -0.05) is 26.0 Å². The summed E-state index contributed by atoms with van der Waals surface area (Å²) in [6, 6.07) is 9.22. The fourth-order valence-electron chi connectivity index (χ4n) is 2.02. The summed E-state index contributed by atoms with van der Waals surface area (Å²) < 4.78 is 0. The lowest BCUT2D eigenvalue weighted by Gasteiger charge is -2.14. The number of nitrogens with one attached hydrogen (secondary N) is 1. The summed E-state index contributed by atoms with van der Waals surface area (Å²) in [7, 11) is 2.18. The molecule has 16 heavy (non-hydrogen) atoms. The first-order chi connectivity index (χ1) is 7.74. The van der Waals surface area contributed by atoms with Gasteiger partial charge in [0.05, 0.1) is 0 Å². The van der Waals surface area contributed by atoms with E-state index in [9.17, 15) is 0 Å². The molecule has 1 unspecified atom stereocenters. The van der Waals surface area contributed by atoms with Crippen LogP contribution in [0.15, 0.2) is 24.3 Å². The number of aryl methyl sites for hydroxylation is 1. The number of anilines is 1. The van der Waals surface area contributed by atoms with E-state index in [-0.39, 0.29) is 1.43 Å². The Morgan fingerprint density at radius 1 is 1.38 bits per heavy atom. The number of likely N-dealkylation sites (N-methyl/N-ethyl adjacent to an activating group) is 1. The lowest BCUT2D eigenvalue weighted by atomic mass is 10.2. The van der Waals surface area contributed by atoms with Crippen molar-refractivity contribution < 1.29 is 1.43 Å². The molecule has 92 valence electrons. The van der Waals surface area contributed by atoms with E-state index in [0.29, 0.717) is 6.04 Å². The van der Waals surface area contributed by atoms with Gasteiger partial charge in [0, 0.05) is 19.7 Å². The number of nitrogens with zero attached hydrogens (tertiary/aromatic N) is 1. The molecule has 1 fully saturated rings. The predicted octanol–water partition coefficient (Wildman–Crippen LogP) is 3.38. The van der Waals surface area contributed by atoms with Gasteiger partial charge in [0.25, 0.3) is 0 Å². The Hall–Kier alpha value is -1.02. The topological polar surface area (TPSA) is 15.3 Å². The molecular weight excluding hydrogens is 196 g/mol. The Morgan fingerprint density at radius 3 is 2.69 bits per heavy atom. The molecule has 1 heterocycles. The summed E-state index contributed by atoms with van der Waals surface area (Å²) in [5.74, 6) is 0. The number of hydrogen-bond acceptors (Lipinski definition) is 2. The van der Waals surface area contributed by atoms with Crippen molar-refractivity contribution in [3.8, 4) is 0 Å². The van der Waals surface area contributed by atoms with Crippen LogP contribution < -0.4 is 5.32 Å². The lowest BCUT2D eigenvalue weighted by Crippen LogP contribution is -2.23. The van der Waals surface area contributed by atoms with Gasteiger partial charge in [-0.25, -0.2) is 0 Å². The molecule has 0 aliphatic carbocycles. The Morgan fingerprint density at radius 2 is 2.12 bits per heavy atom. The maximum atomic E-state index is 3.57. The van der Waals surface area contributed by atoms with Crippen LogP contribution in [0.5, 0.6) is 0 Å². The highest BCUT2D eigenvalue weighted by Gasteiger charge is 2.18. The first-order valence-electron chi connectivity index (χ1n) is 6.26. The van der Waals surface area contributed by atoms with Crippen LogP contribution in [-0.2, 0) is 0 Å². The number of likely N-dealkylation sites (tertiary alicyclic amines) is 1. The molecule has 0 amide bonds. The third kappa shape index (κ3) is 3.86. The van der Waals surface area contributed by atoms with Gasteiger partial charge in [-0.15, -0.1) is 0 Å². The van der Waals surface area contributed by atoms with Crippen LogP contribution in [-0.4, -0.2) is 31.1 Å². The molecule has 0 saturated carbocycles. The molecule has 1 aromatic rings. The van der Waals surface area contributed by atoms with Crippen molar-refractivity contribution in [3.05, 3.63) is 29.8 Å². The maximum Gasteiger partial charge on any atom is 0.0400 e. The van der Waals surface area contributed by atoms with Crippen LogP contribution in [0.3, 0.4) is 0 Å². The molecule has 1 N–H and O–H groups in total. The molecule has 0 spiro atoms. The Bertz CT molecular complexity index is 315. The van der Waals surface area contributed by atoms with Gasteiger partial charge in [-0.2, -0.15) is 0 Å². The molecule has 2 nitrogen and oxygen atoms in total.